The molecule has 0 aliphatic heterocycles. The highest BCUT2D eigenvalue weighted by molar-refractivity contribution is 7.99. The van der Waals surface area contributed by atoms with Gasteiger partial charge in [0.05, 0.1) is 20.0 Å². The van der Waals surface area contributed by atoms with Crippen molar-refractivity contribution >= 4 is 29.1 Å². The maximum atomic E-state index is 12.4. The number of H-pyrrole nitrogens is 1. The van der Waals surface area contributed by atoms with Crippen LogP contribution in [0.2, 0.25) is 0 Å². The largest absolute Gasteiger partial charge is 0.497 e. The number of nitrogens with one attached hydrogen (secondary N) is 2. The number of anilines is 1. The Morgan fingerprint density at radius 1 is 1.10 bits per heavy atom. The van der Waals surface area contributed by atoms with Crippen molar-refractivity contribution in [3.05, 3.63) is 58.9 Å². The van der Waals surface area contributed by atoms with Crippen LogP contribution < -0.4 is 20.3 Å². The zero-order valence-corrected chi connectivity index (χ0v) is 17.5. The molecule has 10 nitrogen and oxygen atoms in total. The van der Waals surface area contributed by atoms with Crippen molar-refractivity contribution in [2.45, 2.75) is 5.16 Å². The van der Waals surface area contributed by atoms with Gasteiger partial charge < -0.3 is 14.8 Å². The molecule has 0 unspecified atom stereocenters. The van der Waals surface area contributed by atoms with Crippen LogP contribution in [0.25, 0.3) is 17.0 Å². The highest BCUT2D eigenvalue weighted by atomic mass is 32.2. The van der Waals surface area contributed by atoms with E-state index < -0.39 is 5.56 Å². The van der Waals surface area contributed by atoms with Gasteiger partial charge in [-0.25, -0.2) is 0 Å². The quantitative estimate of drug-likeness (QED) is 0.421. The SMILES string of the molecule is COc1ccc(-c2nn3c(SCC(=O)Nc4cccc(OC)c4)nnc3[nH]c2=O)cc1. The average molecular weight is 438 g/mol. The number of thioether (sulfide) groups is 1. The van der Waals surface area contributed by atoms with Crippen molar-refractivity contribution in [3.63, 3.8) is 0 Å². The van der Waals surface area contributed by atoms with E-state index in [9.17, 15) is 9.59 Å². The summed E-state index contributed by atoms with van der Waals surface area (Å²) in [7, 11) is 3.13. The highest BCUT2D eigenvalue weighted by Crippen LogP contribution is 2.21. The van der Waals surface area contributed by atoms with E-state index in [4.69, 9.17) is 9.47 Å². The molecule has 2 aromatic carbocycles. The molecule has 0 atom stereocenters. The molecule has 158 valence electrons. The second-order valence-electron chi connectivity index (χ2n) is 6.32. The fraction of sp³-hybridized carbons (Fsp3) is 0.150. The number of aromatic amines is 1. The minimum absolute atomic E-state index is 0.0800. The Morgan fingerprint density at radius 3 is 2.61 bits per heavy atom. The third-order valence-corrected chi connectivity index (χ3v) is 5.22. The maximum Gasteiger partial charge on any atom is 0.279 e. The number of hydrogen-bond donors (Lipinski definition) is 2. The lowest BCUT2D eigenvalue weighted by Gasteiger charge is -2.06. The fourth-order valence-corrected chi connectivity index (χ4v) is 3.48. The summed E-state index contributed by atoms with van der Waals surface area (Å²) in [6.07, 6.45) is 0. The van der Waals surface area contributed by atoms with Crippen LogP contribution in [0.1, 0.15) is 0 Å². The van der Waals surface area contributed by atoms with Gasteiger partial charge in [0.1, 0.15) is 11.5 Å². The van der Waals surface area contributed by atoms with Crippen LogP contribution in [0.15, 0.2) is 58.5 Å². The molecule has 11 heteroatoms. The molecule has 0 spiro atoms. The van der Waals surface area contributed by atoms with E-state index in [0.717, 1.165) is 11.8 Å². The number of ether oxygens (including phenoxy) is 2. The molecule has 2 heterocycles. The lowest BCUT2D eigenvalue weighted by atomic mass is 10.1. The van der Waals surface area contributed by atoms with Gasteiger partial charge >= 0.3 is 0 Å². The molecule has 1 amide bonds. The minimum Gasteiger partial charge on any atom is -0.497 e. The van der Waals surface area contributed by atoms with Crippen molar-refractivity contribution in [1.29, 1.82) is 0 Å². The summed E-state index contributed by atoms with van der Waals surface area (Å²) in [5.41, 5.74) is 1.06. The van der Waals surface area contributed by atoms with E-state index in [1.54, 1.807) is 62.8 Å². The summed E-state index contributed by atoms with van der Waals surface area (Å²) in [6.45, 7) is 0. The van der Waals surface area contributed by atoms with Crippen LogP contribution in [0.5, 0.6) is 11.5 Å². The van der Waals surface area contributed by atoms with Crippen LogP contribution in [0.4, 0.5) is 5.69 Å². The molecule has 2 N–H and O–H groups in total. The van der Waals surface area contributed by atoms with Crippen LogP contribution in [-0.4, -0.2) is 50.7 Å². The van der Waals surface area contributed by atoms with Gasteiger partial charge in [-0.05, 0) is 36.4 Å². The van der Waals surface area contributed by atoms with Crippen molar-refractivity contribution in [1.82, 2.24) is 24.8 Å². The lowest BCUT2D eigenvalue weighted by Crippen LogP contribution is -2.16. The van der Waals surface area contributed by atoms with Crippen molar-refractivity contribution in [2.75, 3.05) is 25.3 Å². The number of carbonyl (C=O) groups is 1. The Morgan fingerprint density at radius 2 is 1.87 bits per heavy atom. The number of nitrogens with zero attached hydrogens (tertiary/aromatic N) is 4. The number of methoxy groups -OCH3 is 2. The molecule has 0 aliphatic rings. The summed E-state index contributed by atoms with van der Waals surface area (Å²) in [4.78, 5) is 27.4. The highest BCUT2D eigenvalue weighted by Gasteiger charge is 2.15. The third-order valence-electron chi connectivity index (χ3n) is 4.30. The van der Waals surface area contributed by atoms with Gasteiger partial charge in [0.15, 0.2) is 5.69 Å². The van der Waals surface area contributed by atoms with Gasteiger partial charge in [-0.15, -0.1) is 10.2 Å². The summed E-state index contributed by atoms with van der Waals surface area (Å²) < 4.78 is 11.7. The van der Waals surface area contributed by atoms with Gasteiger partial charge in [-0.3, -0.25) is 14.6 Å². The van der Waals surface area contributed by atoms with Gasteiger partial charge in [-0.1, -0.05) is 17.8 Å². The average Bonchev–Trinajstić information content (AvgIpc) is 3.19. The third kappa shape index (κ3) is 4.51. The minimum atomic E-state index is -0.391. The van der Waals surface area contributed by atoms with Gasteiger partial charge in [0.25, 0.3) is 11.3 Å². The molecule has 0 fully saturated rings. The van der Waals surface area contributed by atoms with Crippen molar-refractivity contribution in [2.24, 2.45) is 0 Å². The summed E-state index contributed by atoms with van der Waals surface area (Å²) in [5.74, 6) is 1.36. The molecular formula is C20H18N6O4S. The van der Waals surface area contributed by atoms with E-state index in [1.165, 1.54) is 4.52 Å². The van der Waals surface area contributed by atoms with Crippen molar-refractivity contribution < 1.29 is 14.3 Å². The maximum absolute atomic E-state index is 12.4. The van der Waals surface area contributed by atoms with Gasteiger partial charge in [-0.2, -0.15) is 9.61 Å². The second-order valence-corrected chi connectivity index (χ2v) is 7.26. The monoisotopic (exact) mass is 438 g/mol. The van der Waals surface area contributed by atoms with E-state index in [0.29, 0.717) is 27.9 Å². The van der Waals surface area contributed by atoms with Crippen LogP contribution in [0.3, 0.4) is 0 Å². The van der Waals surface area contributed by atoms with E-state index in [1.807, 2.05) is 0 Å². The zero-order chi connectivity index (χ0) is 21.8. The molecule has 0 bridgehead atoms. The number of carbonyl (C=O) groups excluding carboxylic acids is 1. The Balaban J connectivity index is 1.52. The molecule has 0 aliphatic carbocycles. The number of aromatic nitrogens is 5. The number of hydrogen-bond acceptors (Lipinski definition) is 8. The molecular weight excluding hydrogens is 420 g/mol. The van der Waals surface area contributed by atoms with Gasteiger partial charge in [0, 0.05) is 17.3 Å². The first-order valence-corrected chi connectivity index (χ1v) is 10.1. The normalized spacial score (nSPS) is 10.8. The summed E-state index contributed by atoms with van der Waals surface area (Å²) in [5, 5.41) is 15.5. The summed E-state index contributed by atoms with van der Waals surface area (Å²) in [6, 6.07) is 14.0. The number of amides is 1. The zero-order valence-electron chi connectivity index (χ0n) is 16.7. The van der Waals surface area contributed by atoms with Crippen molar-refractivity contribution in [3.8, 4) is 22.8 Å². The number of fused-ring (bicyclic) bond motifs is 1. The second kappa shape index (κ2) is 8.88. The molecule has 4 rings (SSSR count). The van der Waals surface area contributed by atoms with E-state index >= 15 is 0 Å². The molecule has 4 aromatic rings. The predicted molar refractivity (Wildman–Crippen MR) is 116 cm³/mol. The first-order valence-electron chi connectivity index (χ1n) is 9.14. The van der Waals surface area contributed by atoms with Crippen LogP contribution in [-0.2, 0) is 4.79 Å². The Labute approximate surface area is 180 Å². The Hall–Kier alpha value is -3.86. The molecule has 0 radical (unpaired) electrons. The Kier molecular flexibility index (Phi) is 5.85. The number of rotatable bonds is 7. The van der Waals surface area contributed by atoms with Crippen LogP contribution >= 0.6 is 11.8 Å². The smallest absolute Gasteiger partial charge is 0.279 e. The molecule has 0 saturated heterocycles. The fourth-order valence-electron chi connectivity index (χ4n) is 2.80. The van der Waals surface area contributed by atoms with Gasteiger partial charge in [0.2, 0.25) is 11.1 Å². The molecule has 31 heavy (non-hydrogen) atoms. The topological polar surface area (TPSA) is 124 Å². The Bertz CT molecular complexity index is 1290. The first kappa shape index (κ1) is 20.4. The standard InChI is InChI=1S/C20H18N6O4S/c1-29-14-8-6-12(7-9-14)17-18(28)22-19-23-24-20(26(19)25-17)31-11-16(27)21-13-4-3-5-15(10-13)30-2/h3-10H,11H2,1-2H3,(H,21,27)(H,22,23,28). The predicted octanol–water partition coefficient (Wildman–Crippen LogP) is 2.23. The number of benzene rings is 2. The molecule has 2 aromatic heterocycles. The summed E-state index contributed by atoms with van der Waals surface area (Å²) >= 11 is 1.15. The van der Waals surface area contributed by atoms with E-state index in [2.05, 4.69) is 25.6 Å². The van der Waals surface area contributed by atoms with E-state index in [-0.39, 0.29) is 23.1 Å². The molecule has 0 saturated carbocycles. The van der Waals surface area contributed by atoms with Crippen LogP contribution in [0, 0.1) is 0 Å². The first-order chi connectivity index (χ1) is 15.1. The lowest BCUT2D eigenvalue weighted by molar-refractivity contribution is -0.113.